The Morgan fingerprint density at radius 3 is 2.38 bits per heavy atom. The van der Waals surface area contributed by atoms with Crippen molar-refractivity contribution in [2.75, 3.05) is 32.1 Å². The zero-order chi connectivity index (χ0) is 16.9. The molecule has 1 fully saturated rings. The molecule has 0 amide bonds. The monoisotopic (exact) mass is 401 g/mol. The fourth-order valence-electron chi connectivity index (χ4n) is 3.24. The number of halogens is 2. The number of anilines is 1. The van der Waals surface area contributed by atoms with E-state index in [-0.39, 0.29) is 30.9 Å². The Bertz CT molecular complexity index is 634. The lowest BCUT2D eigenvalue weighted by Crippen LogP contribution is -2.36. The molecule has 8 heteroatoms. The summed E-state index contributed by atoms with van der Waals surface area (Å²) in [6, 6.07) is 10.7. The fraction of sp³-hybridized carbons (Fsp3) is 0.556. The highest BCUT2D eigenvalue weighted by molar-refractivity contribution is 5.85. The van der Waals surface area contributed by atoms with Crippen molar-refractivity contribution in [3.8, 4) is 0 Å². The molecule has 0 spiro atoms. The van der Waals surface area contributed by atoms with Gasteiger partial charge in [-0.05, 0) is 25.5 Å². The van der Waals surface area contributed by atoms with Crippen LogP contribution in [0.3, 0.4) is 0 Å². The summed E-state index contributed by atoms with van der Waals surface area (Å²) in [7, 11) is 4.18. The summed E-state index contributed by atoms with van der Waals surface area (Å²) >= 11 is 0. The standard InChI is InChI=1S/C18H27N5O.2ClH/c1-22(15-10-6-7-11-15)12-13-23(2)18-21-20-17(24-18)16(19)14-8-4-3-5-9-14;;/h3-5,8-9,15-16H,6-7,10-13,19H2,1-2H3;2*1H/t16-;;/m1../s1. The van der Waals surface area contributed by atoms with Crippen LogP contribution in [0.2, 0.25) is 0 Å². The van der Waals surface area contributed by atoms with Gasteiger partial charge in [0.05, 0.1) is 0 Å². The molecule has 0 unspecified atom stereocenters. The molecule has 0 aliphatic heterocycles. The molecule has 0 radical (unpaired) electrons. The van der Waals surface area contributed by atoms with E-state index in [1.165, 1.54) is 25.7 Å². The maximum Gasteiger partial charge on any atom is 0.317 e. The normalized spacial score (nSPS) is 15.4. The number of hydrogen-bond acceptors (Lipinski definition) is 6. The third kappa shape index (κ3) is 5.58. The van der Waals surface area contributed by atoms with Gasteiger partial charge >= 0.3 is 6.01 Å². The van der Waals surface area contributed by atoms with Crippen molar-refractivity contribution in [1.29, 1.82) is 0 Å². The van der Waals surface area contributed by atoms with E-state index in [1.807, 2.05) is 42.3 Å². The van der Waals surface area contributed by atoms with Gasteiger partial charge in [0.2, 0.25) is 5.89 Å². The van der Waals surface area contributed by atoms with Crippen LogP contribution in [-0.2, 0) is 0 Å². The van der Waals surface area contributed by atoms with Crippen LogP contribution >= 0.6 is 24.8 Å². The molecule has 6 nitrogen and oxygen atoms in total. The lowest BCUT2D eigenvalue weighted by atomic mass is 10.1. The molecule has 26 heavy (non-hydrogen) atoms. The van der Waals surface area contributed by atoms with E-state index in [4.69, 9.17) is 10.2 Å². The van der Waals surface area contributed by atoms with E-state index < -0.39 is 0 Å². The maximum atomic E-state index is 6.21. The fourth-order valence-corrected chi connectivity index (χ4v) is 3.24. The molecule has 0 bridgehead atoms. The largest absolute Gasteiger partial charge is 0.406 e. The number of nitrogens with zero attached hydrogens (tertiary/aromatic N) is 4. The van der Waals surface area contributed by atoms with E-state index in [0.29, 0.717) is 11.9 Å². The van der Waals surface area contributed by atoms with E-state index in [2.05, 4.69) is 22.1 Å². The topological polar surface area (TPSA) is 71.4 Å². The lowest BCUT2D eigenvalue weighted by molar-refractivity contribution is 0.250. The minimum atomic E-state index is -0.387. The van der Waals surface area contributed by atoms with Crippen molar-refractivity contribution in [3.63, 3.8) is 0 Å². The highest BCUT2D eigenvalue weighted by Gasteiger charge is 2.21. The summed E-state index contributed by atoms with van der Waals surface area (Å²) in [6.45, 7) is 1.85. The average Bonchev–Trinajstić information content (AvgIpc) is 3.31. The minimum Gasteiger partial charge on any atom is -0.406 e. The Kier molecular flexibility index (Phi) is 9.36. The zero-order valence-corrected chi connectivity index (χ0v) is 17.0. The number of rotatable bonds is 7. The van der Waals surface area contributed by atoms with Gasteiger partial charge in [-0.15, -0.1) is 29.9 Å². The van der Waals surface area contributed by atoms with Crippen LogP contribution in [0.25, 0.3) is 0 Å². The van der Waals surface area contributed by atoms with Gasteiger partial charge in [-0.25, -0.2) is 0 Å². The molecule has 1 saturated carbocycles. The van der Waals surface area contributed by atoms with Gasteiger partial charge in [-0.3, -0.25) is 0 Å². The number of aromatic nitrogens is 2. The molecule has 3 rings (SSSR count). The Morgan fingerprint density at radius 2 is 1.73 bits per heavy atom. The van der Waals surface area contributed by atoms with Gasteiger partial charge in [0.15, 0.2) is 0 Å². The quantitative estimate of drug-likeness (QED) is 0.767. The Hall–Kier alpha value is -1.34. The predicted molar refractivity (Wildman–Crippen MR) is 109 cm³/mol. The van der Waals surface area contributed by atoms with Gasteiger partial charge in [-0.1, -0.05) is 48.3 Å². The molecule has 1 aromatic heterocycles. The molecule has 2 N–H and O–H groups in total. The summed E-state index contributed by atoms with van der Waals surface area (Å²) < 4.78 is 5.78. The van der Waals surface area contributed by atoms with Gasteiger partial charge < -0.3 is 20.0 Å². The van der Waals surface area contributed by atoms with Crippen LogP contribution in [0.1, 0.15) is 43.2 Å². The highest BCUT2D eigenvalue weighted by atomic mass is 35.5. The minimum absolute atomic E-state index is 0. The van der Waals surface area contributed by atoms with E-state index in [1.54, 1.807) is 0 Å². The first-order valence-electron chi connectivity index (χ1n) is 8.70. The first-order chi connectivity index (χ1) is 11.6. The summed E-state index contributed by atoms with van der Waals surface area (Å²) in [5.74, 6) is 0.451. The lowest BCUT2D eigenvalue weighted by Gasteiger charge is -2.26. The Labute approximate surface area is 167 Å². The van der Waals surface area contributed by atoms with Gasteiger partial charge in [0.1, 0.15) is 6.04 Å². The number of benzene rings is 1. The summed E-state index contributed by atoms with van der Waals surface area (Å²) in [6.07, 6.45) is 5.35. The smallest absolute Gasteiger partial charge is 0.317 e. The van der Waals surface area contributed by atoms with E-state index in [9.17, 15) is 0 Å². The third-order valence-corrected chi connectivity index (χ3v) is 4.92. The second-order valence-corrected chi connectivity index (χ2v) is 6.65. The number of nitrogens with two attached hydrogens (primary N) is 1. The first kappa shape index (κ1) is 22.7. The summed E-state index contributed by atoms with van der Waals surface area (Å²) in [4.78, 5) is 4.44. The second kappa shape index (κ2) is 10.7. The molecule has 1 aliphatic carbocycles. The first-order valence-corrected chi connectivity index (χ1v) is 8.70. The van der Waals surface area contributed by atoms with E-state index >= 15 is 0 Å². The third-order valence-electron chi connectivity index (χ3n) is 4.92. The Morgan fingerprint density at radius 1 is 1.08 bits per heavy atom. The van der Waals surface area contributed by atoms with Crippen molar-refractivity contribution < 1.29 is 4.42 Å². The van der Waals surface area contributed by atoms with Crippen molar-refractivity contribution in [3.05, 3.63) is 41.8 Å². The summed E-state index contributed by atoms with van der Waals surface area (Å²) in [5, 5.41) is 8.27. The van der Waals surface area contributed by atoms with Crippen LogP contribution < -0.4 is 10.6 Å². The van der Waals surface area contributed by atoms with E-state index in [0.717, 1.165) is 24.7 Å². The molecular weight excluding hydrogens is 373 g/mol. The van der Waals surface area contributed by atoms with Crippen molar-refractivity contribution in [1.82, 2.24) is 15.1 Å². The molecular formula is C18H29Cl2N5O. The van der Waals surface area contributed by atoms with Crippen LogP contribution in [-0.4, -0.2) is 48.3 Å². The van der Waals surface area contributed by atoms with Gasteiger partial charge in [0, 0.05) is 26.2 Å². The maximum absolute atomic E-state index is 6.21. The molecule has 1 aromatic carbocycles. The molecule has 1 aliphatic rings. The molecule has 1 heterocycles. The van der Waals surface area contributed by atoms with Gasteiger partial charge in [0.25, 0.3) is 0 Å². The molecule has 146 valence electrons. The SMILES string of the molecule is CN(CCN(C)C1CCCC1)c1nnc([C@H](N)c2ccccc2)o1.Cl.Cl. The molecule has 2 aromatic rings. The van der Waals surface area contributed by atoms with Crippen LogP contribution in [0.4, 0.5) is 6.01 Å². The number of hydrogen-bond donors (Lipinski definition) is 1. The van der Waals surface area contributed by atoms with Crippen LogP contribution in [0.5, 0.6) is 0 Å². The Balaban J connectivity index is 0.00000169. The van der Waals surface area contributed by atoms with Gasteiger partial charge in [-0.2, -0.15) is 0 Å². The molecule has 0 saturated heterocycles. The summed E-state index contributed by atoms with van der Waals surface area (Å²) in [5.41, 5.74) is 7.18. The van der Waals surface area contributed by atoms with Crippen molar-refractivity contribution in [2.45, 2.75) is 37.8 Å². The zero-order valence-electron chi connectivity index (χ0n) is 15.4. The van der Waals surface area contributed by atoms with Crippen LogP contribution in [0.15, 0.2) is 34.7 Å². The molecule has 1 atom stereocenters. The van der Waals surface area contributed by atoms with Crippen molar-refractivity contribution >= 4 is 30.8 Å². The average molecular weight is 402 g/mol. The highest BCUT2D eigenvalue weighted by Crippen LogP contribution is 2.23. The van der Waals surface area contributed by atoms with Crippen LogP contribution in [0, 0.1) is 0 Å². The second-order valence-electron chi connectivity index (χ2n) is 6.65. The predicted octanol–water partition coefficient (Wildman–Crippen LogP) is 3.27. The number of likely N-dealkylation sites (N-methyl/N-ethyl adjacent to an activating group) is 2. The van der Waals surface area contributed by atoms with Crippen molar-refractivity contribution in [2.24, 2.45) is 5.73 Å².